The van der Waals surface area contributed by atoms with E-state index >= 15 is 0 Å². The molecule has 0 saturated heterocycles. The molecule has 0 aliphatic rings. The molecule has 0 radical (unpaired) electrons. The number of hydrogen-bond donors (Lipinski definition) is 2. The third-order valence-electron chi connectivity index (χ3n) is 4.05. The van der Waals surface area contributed by atoms with Gasteiger partial charge in [0.1, 0.15) is 5.82 Å². The summed E-state index contributed by atoms with van der Waals surface area (Å²) in [6.45, 7) is 2.22. The van der Waals surface area contributed by atoms with Gasteiger partial charge in [-0.05, 0) is 42.3 Å². The quantitative estimate of drug-likeness (QED) is 0.713. The van der Waals surface area contributed by atoms with Crippen LogP contribution in [0.3, 0.4) is 0 Å². The van der Waals surface area contributed by atoms with Crippen LogP contribution in [0.25, 0.3) is 0 Å². The zero-order valence-electron chi connectivity index (χ0n) is 14.3. The van der Waals surface area contributed by atoms with Crippen LogP contribution in [0, 0.1) is 12.7 Å². The fraction of sp³-hybridized carbons (Fsp3) is 0.211. The maximum atomic E-state index is 13.0. The van der Waals surface area contributed by atoms with Gasteiger partial charge in [-0.3, -0.25) is 4.79 Å². The van der Waals surface area contributed by atoms with Crippen LogP contribution in [-0.4, -0.2) is 26.0 Å². The van der Waals surface area contributed by atoms with E-state index in [1.165, 1.54) is 12.1 Å². The van der Waals surface area contributed by atoms with Gasteiger partial charge < -0.3 is 10.4 Å². The number of amides is 1. The van der Waals surface area contributed by atoms with E-state index in [-0.39, 0.29) is 24.8 Å². The standard InChI is InChI=1S/C19H19FN4O2/c1-13-18(10-19(26)21-17-4-2-3-15(9-17)12-25)22-23-24(13)11-14-5-7-16(20)8-6-14/h2-9,25H,10-12H2,1H3,(H,21,26). The number of aromatic nitrogens is 3. The van der Waals surface area contributed by atoms with Gasteiger partial charge in [-0.25, -0.2) is 9.07 Å². The highest BCUT2D eigenvalue weighted by molar-refractivity contribution is 5.92. The highest BCUT2D eigenvalue weighted by Gasteiger charge is 2.13. The highest BCUT2D eigenvalue weighted by Crippen LogP contribution is 2.13. The second kappa shape index (κ2) is 7.88. The first-order valence-electron chi connectivity index (χ1n) is 8.18. The van der Waals surface area contributed by atoms with Gasteiger partial charge in [0.15, 0.2) is 0 Å². The number of nitrogens with zero attached hydrogens (tertiary/aromatic N) is 3. The summed E-state index contributed by atoms with van der Waals surface area (Å²) in [4.78, 5) is 12.2. The van der Waals surface area contributed by atoms with Crippen molar-refractivity contribution in [1.29, 1.82) is 0 Å². The summed E-state index contributed by atoms with van der Waals surface area (Å²) in [6.07, 6.45) is 0.0958. The highest BCUT2D eigenvalue weighted by atomic mass is 19.1. The Balaban J connectivity index is 1.65. The average Bonchev–Trinajstić information content (AvgIpc) is 2.97. The van der Waals surface area contributed by atoms with Crippen LogP contribution < -0.4 is 5.32 Å². The number of rotatable bonds is 6. The molecule has 3 aromatic rings. The fourth-order valence-corrected chi connectivity index (χ4v) is 2.58. The monoisotopic (exact) mass is 354 g/mol. The Bertz CT molecular complexity index is 906. The molecule has 0 unspecified atom stereocenters. The van der Waals surface area contributed by atoms with Crippen molar-refractivity contribution in [3.05, 3.63) is 76.9 Å². The summed E-state index contributed by atoms with van der Waals surface area (Å²) in [5.74, 6) is -0.497. The maximum absolute atomic E-state index is 13.0. The summed E-state index contributed by atoms with van der Waals surface area (Å²) in [7, 11) is 0. The first-order chi connectivity index (χ1) is 12.5. The number of hydrogen-bond acceptors (Lipinski definition) is 4. The molecule has 2 aromatic carbocycles. The third kappa shape index (κ3) is 4.31. The molecule has 7 heteroatoms. The molecular weight excluding hydrogens is 335 g/mol. The van der Waals surface area contributed by atoms with Crippen molar-refractivity contribution in [2.45, 2.75) is 26.5 Å². The molecule has 6 nitrogen and oxygen atoms in total. The van der Waals surface area contributed by atoms with E-state index in [1.54, 1.807) is 41.1 Å². The molecule has 0 bridgehead atoms. The topological polar surface area (TPSA) is 80.0 Å². The van der Waals surface area contributed by atoms with Crippen molar-refractivity contribution >= 4 is 11.6 Å². The Morgan fingerprint density at radius 2 is 1.96 bits per heavy atom. The lowest BCUT2D eigenvalue weighted by Crippen LogP contribution is -2.15. The molecule has 1 aromatic heterocycles. The Morgan fingerprint density at radius 3 is 2.69 bits per heavy atom. The molecule has 0 atom stereocenters. The largest absolute Gasteiger partial charge is 0.392 e. The minimum absolute atomic E-state index is 0.0828. The first kappa shape index (κ1) is 17.8. The van der Waals surface area contributed by atoms with Gasteiger partial charge >= 0.3 is 0 Å². The van der Waals surface area contributed by atoms with Gasteiger partial charge in [0, 0.05) is 5.69 Å². The Kier molecular flexibility index (Phi) is 5.38. The molecule has 0 aliphatic carbocycles. The Hall–Kier alpha value is -3.06. The molecule has 1 heterocycles. The van der Waals surface area contributed by atoms with Crippen LogP contribution >= 0.6 is 0 Å². The van der Waals surface area contributed by atoms with Crippen molar-refractivity contribution in [2.24, 2.45) is 0 Å². The van der Waals surface area contributed by atoms with Crippen LogP contribution in [0.2, 0.25) is 0 Å². The fourth-order valence-electron chi connectivity index (χ4n) is 2.58. The van der Waals surface area contributed by atoms with E-state index in [4.69, 9.17) is 5.11 Å². The summed E-state index contributed by atoms with van der Waals surface area (Å²) >= 11 is 0. The van der Waals surface area contributed by atoms with E-state index in [0.717, 1.165) is 16.8 Å². The Labute approximate surface area is 150 Å². The van der Waals surface area contributed by atoms with Gasteiger partial charge in [-0.1, -0.05) is 29.5 Å². The van der Waals surface area contributed by atoms with E-state index in [1.807, 2.05) is 6.92 Å². The van der Waals surface area contributed by atoms with Crippen LogP contribution in [0.4, 0.5) is 10.1 Å². The zero-order valence-corrected chi connectivity index (χ0v) is 14.3. The summed E-state index contributed by atoms with van der Waals surface area (Å²) in [6, 6.07) is 13.2. The van der Waals surface area contributed by atoms with Crippen molar-refractivity contribution < 1.29 is 14.3 Å². The van der Waals surface area contributed by atoms with Crippen molar-refractivity contribution in [3.8, 4) is 0 Å². The normalized spacial score (nSPS) is 10.7. The van der Waals surface area contributed by atoms with Gasteiger partial charge in [-0.15, -0.1) is 5.10 Å². The van der Waals surface area contributed by atoms with Crippen molar-refractivity contribution in [3.63, 3.8) is 0 Å². The number of halogens is 1. The number of nitrogens with one attached hydrogen (secondary N) is 1. The van der Waals surface area contributed by atoms with Crippen LogP contribution in [-0.2, 0) is 24.4 Å². The molecule has 0 fully saturated rings. The number of anilines is 1. The molecule has 2 N–H and O–H groups in total. The van der Waals surface area contributed by atoms with E-state index in [9.17, 15) is 9.18 Å². The second-order valence-corrected chi connectivity index (χ2v) is 5.99. The summed E-state index contributed by atoms with van der Waals surface area (Å²) in [5.41, 5.74) is 3.62. The van der Waals surface area contributed by atoms with Gasteiger partial charge in [0.25, 0.3) is 0 Å². The van der Waals surface area contributed by atoms with E-state index in [0.29, 0.717) is 17.9 Å². The minimum Gasteiger partial charge on any atom is -0.392 e. The second-order valence-electron chi connectivity index (χ2n) is 5.99. The van der Waals surface area contributed by atoms with Crippen molar-refractivity contribution in [2.75, 3.05) is 5.32 Å². The predicted molar refractivity (Wildman–Crippen MR) is 95.0 cm³/mol. The van der Waals surface area contributed by atoms with Crippen molar-refractivity contribution in [1.82, 2.24) is 15.0 Å². The van der Waals surface area contributed by atoms with Crippen LogP contribution in [0.5, 0.6) is 0 Å². The lowest BCUT2D eigenvalue weighted by atomic mass is 10.2. The maximum Gasteiger partial charge on any atom is 0.230 e. The molecule has 0 spiro atoms. The number of benzene rings is 2. The first-order valence-corrected chi connectivity index (χ1v) is 8.18. The number of carbonyl (C=O) groups excluding carboxylic acids is 1. The van der Waals surface area contributed by atoms with Gasteiger partial charge in [0.05, 0.1) is 31.0 Å². The summed E-state index contributed by atoms with van der Waals surface area (Å²) in [5, 5.41) is 20.1. The molecule has 3 rings (SSSR count). The number of aliphatic hydroxyl groups is 1. The Morgan fingerprint density at radius 1 is 1.19 bits per heavy atom. The van der Waals surface area contributed by atoms with Gasteiger partial charge in [-0.2, -0.15) is 0 Å². The molecule has 0 saturated carbocycles. The molecular formula is C19H19FN4O2. The lowest BCUT2D eigenvalue weighted by Gasteiger charge is -2.06. The smallest absolute Gasteiger partial charge is 0.230 e. The van der Waals surface area contributed by atoms with Crippen LogP contribution in [0.1, 0.15) is 22.5 Å². The molecule has 0 aliphatic heterocycles. The molecule has 1 amide bonds. The number of aliphatic hydroxyl groups excluding tert-OH is 1. The SMILES string of the molecule is Cc1c(CC(=O)Nc2cccc(CO)c2)nnn1Cc1ccc(F)cc1. The molecule has 134 valence electrons. The minimum atomic E-state index is -0.285. The predicted octanol–water partition coefficient (Wildman–Crippen LogP) is 2.45. The zero-order chi connectivity index (χ0) is 18.5. The number of carbonyl (C=O) groups is 1. The van der Waals surface area contributed by atoms with E-state index in [2.05, 4.69) is 15.6 Å². The van der Waals surface area contributed by atoms with Crippen LogP contribution in [0.15, 0.2) is 48.5 Å². The van der Waals surface area contributed by atoms with Gasteiger partial charge in [0.2, 0.25) is 5.91 Å². The average molecular weight is 354 g/mol. The third-order valence-corrected chi connectivity index (χ3v) is 4.05. The lowest BCUT2D eigenvalue weighted by molar-refractivity contribution is -0.115. The molecule has 26 heavy (non-hydrogen) atoms. The van der Waals surface area contributed by atoms with E-state index < -0.39 is 0 Å². The summed E-state index contributed by atoms with van der Waals surface area (Å²) < 4.78 is 14.7.